The molecule has 4 nitrogen and oxygen atoms in total. The van der Waals surface area contributed by atoms with Crippen molar-refractivity contribution in [2.24, 2.45) is 0 Å². The number of benzene rings is 8. The Balaban J connectivity index is 1.38. The highest BCUT2D eigenvalue weighted by Crippen LogP contribution is 2.50. The first-order chi connectivity index (χ1) is 24.3. The van der Waals surface area contributed by atoms with Gasteiger partial charge < -0.3 is 13.7 Å². The first-order valence-corrected chi connectivity index (χ1v) is 16.5. The third-order valence-corrected chi connectivity index (χ3v) is 9.44. The number of furan rings is 1. The van der Waals surface area contributed by atoms with Gasteiger partial charge in [0.2, 0.25) is 5.89 Å². The fourth-order valence-electron chi connectivity index (χ4n) is 7.23. The highest BCUT2D eigenvalue weighted by atomic mass is 16.4. The molecule has 0 aliphatic heterocycles. The van der Waals surface area contributed by atoms with Gasteiger partial charge >= 0.3 is 0 Å². The summed E-state index contributed by atoms with van der Waals surface area (Å²) < 4.78 is 13.4. The molecular formula is C45H28N2O2. The van der Waals surface area contributed by atoms with Crippen LogP contribution in [0.3, 0.4) is 0 Å². The zero-order valence-corrected chi connectivity index (χ0v) is 26.4. The molecule has 10 aromatic rings. The van der Waals surface area contributed by atoms with Crippen LogP contribution in [0.25, 0.3) is 77.2 Å². The summed E-state index contributed by atoms with van der Waals surface area (Å²) in [6, 6.07) is 59.1. The molecule has 0 saturated carbocycles. The molecule has 2 heterocycles. The van der Waals surface area contributed by atoms with Crippen molar-refractivity contribution < 1.29 is 8.83 Å². The number of hydrogen-bond acceptors (Lipinski definition) is 4. The number of oxazole rings is 1. The molecule has 0 amide bonds. The summed E-state index contributed by atoms with van der Waals surface area (Å²) in [7, 11) is 0. The Bertz CT molecular complexity index is 2830. The van der Waals surface area contributed by atoms with Crippen LogP contribution in [-0.4, -0.2) is 4.98 Å². The number of fused-ring (bicyclic) bond motifs is 7. The molecule has 0 aliphatic rings. The lowest BCUT2D eigenvalue weighted by atomic mass is 9.98. The lowest BCUT2D eigenvalue weighted by molar-refractivity contribution is 0.620. The van der Waals surface area contributed by atoms with Gasteiger partial charge in [-0.05, 0) is 63.7 Å². The molecule has 0 saturated heterocycles. The molecule has 0 aliphatic carbocycles. The van der Waals surface area contributed by atoms with Gasteiger partial charge in [-0.3, -0.25) is 0 Å². The summed E-state index contributed by atoms with van der Waals surface area (Å²) >= 11 is 0. The van der Waals surface area contributed by atoms with Crippen LogP contribution in [0.1, 0.15) is 0 Å². The molecule has 0 spiro atoms. The molecule has 0 N–H and O–H groups in total. The van der Waals surface area contributed by atoms with Gasteiger partial charge in [0.1, 0.15) is 22.4 Å². The minimum Gasteiger partial charge on any atom is -0.456 e. The van der Waals surface area contributed by atoms with E-state index in [0.717, 1.165) is 72.0 Å². The van der Waals surface area contributed by atoms with Gasteiger partial charge in [-0.1, -0.05) is 127 Å². The van der Waals surface area contributed by atoms with Crippen LogP contribution in [-0.2, 0) is 0 Å². The molecule has 8 aromatic carbocycles. The average molecular weight is 629 g/mol. The highest BCUT2D eigenvalue weighted by Gasteiger charge is 2.28. The van der Waals surface area contributed by atoms with E-state index in [1.807, 2.05) is 48.5 Å². The van der Waals surface area contributed by atoms with E-state index in [1.54, 1.807) is 0 Å². The van der Waals surface area contributed by atoms with Crippen molar-refractivity contribution in [3.63, 3.8) is 0 Å². The first kappa shape index (κ1) is 27.5. The first-order valence-electron chi connectivity index (χ1n) is 16.5. The maximum Gasteiger partial charge on any atom is 0.227 e. The van der Waals surface area contributed by atoms with E-state index < -0.39 is 0 Å². The minimum absolute atomic E-state index is 0.565. The molecule has 0 radical (unpaired) electrons. The Morgan fingerprint density at radius 2 is 1.10 bits per heavy atom. The van der Waals surface area contributed by atoms with Gasteiger partial charge in [0.15, 0.2) is 5.58 Å². The largest absolute Gasteiger partial charge is 0.456 e. The lowest BCUT2D eigenvalue weighted by Gasteiger charge is -2.28. The van der Waals surface area contributed by atoms with E-state index >= 15 is 0 Å². The normalized spacial score (nSPS) is 11.7. The number of anilines is 3. The molecule has 0 bridgehead atoms. The average Bonchev–Trinajstić information content (AvgIpc) is 3.77. The number of para-hydroxylation sites is 1. The highest BCUT2D eigenvalue weighted by molar-refractivity contribution is 6.22. The van der Waals surface area contributed by atoms with Gasteiger partial charge in [0, 0.05) is 28.1 Å². The van der Waals surface area contributed by atoms with Crippen molar-refractivity contribution in [3.8, 4) is 22.6 Å². The van der Waals surface area contributed by atoms with E-state index in [1.165, 1.54) is 10.8 Å². The Kier molecular flexibility index (Phi) is 6.15. The van der Waals surface area contributed by atoms with Crippen LogP contribution >= 0.6 is 0 Å². The second-order valence-electron chi connectivity index (χ2n) is 12.3. The number of nitrogens with zero attached hydrogens (tertiary/aromatic N) is 2. The summed E-state index contributed by atoms with van der Waals surface area (Å²) in [4.78, 5) is 7.41. The summed E-state index contributed by atoms with van der Waals surface area (Å²) in [5, 5.41) is 6.67. The second kappa shape index (κ2) is 11.0. The zero-order valence-electron chi connectivity index (χ0n) is 26.4. The van der Waals surface area contributed by atoms with Crippen LogP contribution in [0, 0.1) is 0 Å². The summed E-state index contributed by atoms with van der Waals surface area (Å²) in [5.74, 6) is 0.565. The van der Waals surface area contributed by atoms with Crippen LogP contribution in [0.2, 0.25) is 0 Å². The fourth-order valence-corrected chi connectivity index (χ4v) is 7.23. The van der Waals surface area contributed by atoms with Crippen molar-refractivity contribution in [1.29, 1.82) is 0 Å². The maximum atomic E-state index is 6.86. The van der Waals surface area contributed by atoms with Crippen molar-refractivity contribution in [3.05, 3.63) is 170 Å². The number of hydrogen-bond donors (Lipinski definition) is 0. The van der Waals surface area contributed by atoms with Crippen molar-refractivity contribution >= 4 is 71.6 Å². The third-order valence-electron chi connectivity index (χ3n) is 9.44. The van der Waals surface area contributed by atoms with Crippen LogP contribution in [0.4, 0.5) is 17.1 Å². The number of rotatable bonds is 5. The van der Waals surface area contributed by atoms with E-state index in [2.05, 4.69) is 126 Å². The third kappa shape index (κ3) is 4.42. The van der Waals surface area contributed by atoms with E-state index in [4.69, 9.17) is 13.8 Å². The Labute approximate surface area is 282 Å². The van der Waals surface area contributed by atoms with E-state index in [0.29, 0.717) is 11.5 Å². The molecular weight excluding hydrogens is 601 g/mol. The topological polar surface area (TPSA) is 42.4 Å². The van der Waals surface area contributed by atoms with Crippen molar-refractivity contribution in [2.75, 3.05) is 4.90 Å². The summed E-state index contributed by atoms with van der Waals surface area (Å²) in [6.45, 7) is 0. The predicted molar refractivity (Wildman–Crippen MR) is 202 cm³/mol. The van der Waals surface area contributed by atoms with Gasteiger partial charge in [0.25, 0.3) is 0 Å². The number of aromatic nitrogens is 1. The summed E-state index contributed by atoms with van der Waals surface area (Å²) in [6.07, 6.45) is 0. The van der Waals surface area contributed by atoms with Gasteiger partial charge in [-0.2, -0.15) is 0 Å². The molecule has 2 aromatic heterocycles. The predicted octanol–water partition coefficient (Wildman–Crippen LogP) is 12.8. The smallest absolute Gasteiger partial charge is 0.227 e. The Morgan fingerprint density at radius 3 is 1.92 bits per heavy atom. The summed E-state index contributed by atoms with van der Waals surface area (Å²) in [5.41, 5.74) is 9.11. The second-order valence-corrected chi connectivity index (χ2v) is 12.3. The Morgan fingerprint density at radius 1 is 0.449 bits per heavy atom. The standard InChI is InChI=1S/C45H28N2O2/c1-3-14-29(15-4-1)31-19-13-20-33(26-31)47(39-27-32-18-7-8-21-34(32)35-22-9-10-23-36(35)39)43-42-37-24-11-12-25-40(37)48-41(42)28-38-44(43)49-45(46-38)30-16-5-2-6-17-30/h1-28H. The van der Waals surface area contributed by atoms with E-state index in [-0.39, 0.29) is 0 Å². The van der Waals surface area contributed by atoms with Crippen LogP contribution in [0.15, 0.2) is 179 Å². The van der Waals surface area contributed by atoms with Gasteiger partial charge in [0.05, 0.1) is 11.1 Å². The van der Waals surface area contributed by atoms with Crippen LogP contribution < -0.4 is 4.90 Å². The van der Waals surface area contributed by atoms with Crippen molar-refractivity contribution in [2.45, 2.75) is 0 Å². The molecule has 4 heteroatoms. The SMILES string of the molecule is c1ccc(-c2cccc(N(c3cc4ccccc4c4ccccc34)c3c4oc(-c5ccccc5)nc4cc4oc5ccccc5c34)c2)cc1. The monoisotopic (exact) mass is 628 g/mol. The van der Waals surface area contributed by atoms with E-state index in [9.17, 15) is 0 Å². The molecule has 230 valence electrons. The minimum atomic E-state index is 0.565. The fraction of sp³-hybridized carbons (Fsp3) is 0. The Hall–Kier alpha value is -6.65. The molecule has 10 rings (SSSR count). The van der Waals surface area contributed by atoms with Gasteiger partial charge in [-0.15, -0.1) is 0 Å². The quantitative estimate of drug-likeness (QED) is 0.178. The maximum absolute atomic E-state index is 6.86. The molecule has 0 fully saturated rings. The lowest BCUT2D eigenvalue weighted by Crippen LogP contribution is -2.12. The zero-order chi connectivity index (χ0) is 32.3. The van der Waals surface area contributed by atoms with Crippen LogP contribution in [0.5, 0.6) is 0 Å². The molecule has 49 heavy (non-hydrogen) atoms. The molecule has 0 atom stereocenters. The van der Waals surface area contributed by atoms with Crippen molar-refractivity contribution in [1.82, 2.24) is 4.98 Å². The molecule has 0 unspecified atom stereocenters. The van der Waals surface area contributed by atoms with Gasteiger partial charge in [-0.25, -0.2) is 4.98 Å².